The van der Waals surface area contributed by atoms with Crippen LogP contribution in [-0.4, -0.2) is 24.0 Å². The number of aromatic nitrogens is 1. The van der Waals surface area contributed by atoms with Crippen LogP contribution in [0.3, 0.4) is 0 Å². The third kappa shape index (κ3) is 4.12. The Morgan fingerprint density at radius 2 is 2.00 bits per heavy atom. The molecule has 0 saturated carbocycles. The van der Waals surface area contributed by atoms with E-state index in [1.54, 1.807) is 26.4 Å². The maximum atomic E-state index is 11.1. The molecular weight excluding hydrogens is 348 g/mol. The van der Waals surface area contributed by atoms with Crippen molar-refractivity contribution in [2.24, 2.45) is 5.73 Å². The van der Waals surface area contributed by atoms with E-state index in [2.05, 4.69) is 4.98 Å². The zero-order chi connectivity index (χ0) is 17.9. The van der Waals surface area contributed by atoms with Gasteiger partial charge in [0.05, 0.1) is 24.8 Å². The number of benzene rings is 1. The highest BCUT2D eigenvalue weighted by Crippen LogP contribution is 2.34. The van der Waals surface area contributed by atoms with Crippen LogP contribution in [-0.2, 0) is 15.9 Å². The third-order valence-corrected chi connectivity index (χ3v) is 4.91. The maximum Gasteiger partial charge on any atom is 0.464 e. The fourth-order valence-corrected chi connectivity index (χ4v) is 2.91. The molecule has 2 N–H and O–H groups in total. The molecule has 0 aliphatic heterocycles. The molecule has 24 heavy (non-hydrogen) atoms. The van der Waals surface area contributed by atoms with E-state index in [0.29, 0.717) is 41.2 Å². The van der Waals surface area contributed by atoms with Crippen molar-refractivity contribution in [2.75, 3.05) is 14.2 Å². The van der Waals surface area contributed by atoms with Crippen LogP contribution in [0.25, 0.3) is 10.9 Å². The zero-order valence-corrected chi connectivity index (χ0v) is 15.8. The first-order valence-corrected chi connectivity index (χ1v) is 8.72. The number of rotatable bonds is 7. The summed E-state index contributed by atoms with van der Waals surface area (Å²) < 4.78 is 21.4. The number of ether oxygens (including phenoxy) is 2. The van der Waals surface area contributed by atoms with E-state index in [9.17, 15) is 4.21 Å². The number of hydrogen-bond acceptors (Lipinski definition) is 5. The smallest absolute Gasteiger partial charge is 0.464 e. The lowest BCUT2D eigenvalue weighted by Gasteiger charge is -2.17. The van der Waals surface area contributed by atoms with Crippen molar-refractivity contribution >= 4 is 34.2 Å². The van der Waals surface area contributed by atoms with E-state index in [-0.39, 0.29) is 10.8 Å². The van der Waals surface area contributed by atoms with Crippen molar-refractivity contribution in [1.29, 1.82) is 0 Å². The van der Waals surface area contributed by atoms with Crippen LogP contribution >= 0.6 is 11.6 Å². The van der Waals surface area contributed by atoms with Gasteiger partial charge in [0.2, 0.25) is 10.6 Å². The Hall–Kier alpha value is -1.50. The van der Waals surface area contributed by atoms with Gasteiger partial charge in [-0.3, -0.25) is 0 Å². The van der Waals surface area contributed by atoms with E-state index in [4.69, 9.17) is 26.8 Å². The topological polar surface area (TPSA) is 74.4 Å². The molecule has 0 unspecified atom stereocenters. The highest BCUT2D eigenvalue weighted by atomic mass is 35.5. The highest BCUT2D eigenvalue weighted by Gasteiger charge is 2.33. The molecule has 130 valence electrons. The first-order chi connectivity index (χ1) is 11.3. The van der Waals surface area contributed by atoms with E-state index >= 15 is 0 Å². The molecule has 5 nitrogen and oxygen atoms in total. The molecule has 2 aromatic rings. The molecule has 1 aromatic carbocycles. The van der Waals surface area contributed by atoms with Gasteiger partial charge in [0.25, 0.3) is 0 Å². The van der Waals surface area contributed by atoms with Crippen molar-refractivity contribution in [1.82, 2.24) is 4.98 Å². The number of halogens is 1. The van der Waals surface area contributed by atoms with Crippen LogP contribution in [0.15, 0.2) is 18.2 Å². The predicted molar refractivity (Wildman–Crippen MR) is 98.1 cm³/mol. The number of fused-ring (bicyclic) bond motifs is 1. The van der Waals surface area contributed by atoms with Crippen molar-refractivity contribution in [3.8, 4) is 11.6 Å². The second kappa shape index (κ2) is 7.59. The molecule has 7 heteroatoms. The third-order valence-electron chi connectivity index (χ3n) is 3.96. The number of methoxy groups -OCH3 is 2. The maximum absolute atomic E-state index is 11.1. The van der Waals surface area contributed by atoms with Gasteiger partial charge < -0.3 is 15.2 Å². The van der Waals surface area contributed by atoms with Crippen molar-refractivity contribution in [3.05, 3.63) is 28.8 Å². The van der Waals surface area contributed by atoms with Crippen LogP contribution < -0.4 is 15.2 Å². The fourth-order valence-electron chi connectivity index (χ4n) is 2.46. The Labute approximate surface area is 151 Å². The zero-order valence-electron chi connectivity index (χ0n) is 14.3. The van der Waals surface area contributed by atoms with E-state index in [1.807, 2.05) is 19.9 Å². The quantitative estimate of drug-likeness (QED) is 0.749. The van der Waals surface area contributed by atoms with Gasteiger partial charge in [-0.25, -0.2) is 4.98 Å². The summed E-state index contributed by atoms with van der Waals surface area (Å²) in [6, 6.07) is 5.24. The summed E-state index contributed by atoms with van der Waals surface area (Å²) in [5.74, 6) is 1.04. The lowest BCUT2D eigenvalue weighted by Crippen LogP contribution is -2.21. The van der Waals surface area contributed by atoms with Crippen LogP contribution in [0, 0.1) is 0 Å². The second-order valence-corrected chi connectivity index (χ2v) is 7.93. The number of nitrogens with two attached hydrogens (primary N) is 1. The van der Waals surface area contributed by atoms with Crippen molar-refractivity contribution in [2.45, 2.75) is 37.5 Å². The summed E-state index contributed by atoms with van der Waals surface area (Å²) in [6.45, 7) is 3.83. The molecule has 1 heterocycles. The van der Waals surface area contributed by atoms with Gasteiger partial charge >= 0.3 is 11.7 Å². The Morgan fingerprint density at radius 1 is 1.29 bits per heavy atom. The molecule has 1 aromatic heterocycles. The van der Waals surface area contributed by atoms with E-state index in [0.717, 1.165) is 16.5 Å². The summed E-state index contributed by atoms with van der Waals surface area (Å²) in [5.41, 5.74) is 7.85. The van der Waals surface area contributed by atoms with Crippen LogP contribution in [0.5, 0.6) is 11.6 Å². The summed E-state index contributed by atoms with van der Waals surface area (Å²) in [7, 11) is 3.12. The summed E-state index contributed by atoms with van der Waals surface area (Å²) in [5, 5.41) is 1.38. The second-order valence-electron chi connectivity index (χ2n) is 6.25. The highest BCUT2D eigenvalue weighted by molar-refractivity contribution is 7.67. The van der Waals surface area contributed by atoms with E-state index < -0.39 is 0 Å². The molecule has 2 rings (SSSR count). The Morgan fingerprint density at radius 3 is 2.58 bits per heavy atom. The minimum atomic E-state index is -0.355. The normalized spacial score (nSPS) is 12.9. The van der Waals surface area contributed by atoms with Gasteiger partial charge in [-0.1, -0.05) is 11.6 Å². The van der Waals surface area contributed by atoms with Gasteiger partial charge in [-0.2, -0.15) is 0 Å². The largest absolute Gasteiger partial charge is 0.495 e. The molecule has 0 aliphatic carbocycles. The van der Waals surface area contributed by atoms with Gasteiger partial charge in [0, 0.05) is 33.7 Å². The lowest BCUT2D eigenvalue weighted by atomic mass is 9.97. The molecular formula is C17H22ClN2O3S+. The first kappa shape index (κ1) is 18.8. The van der Waals surface area contributed by atoms with Crippen LogP contribution in [0.4, 0.5) is 0 Å². The lowest BCUT2D eigenvalue weighted by molar-refractivity contribution is 0.387. The summed E-state index contributed by atoms with van der Waals surface area (Å²) >= 11 is 6.80. The molecule has 1 atom stereocenters. The minimum Gasteiger partial charge on any atom is -0.495 e. The van der Waals surface area contributed by atoms with Gasteiger partial charge in [0.15, 0.2) is 0 Å². The summed E-state index contributed by atoms with van der Waals surface area (Å²) in [6.07, 6.45) is 1.36. The first-order valence-electron chi connectivity index (χ1n) is 7.60. The minimum absolute atomic E-state index is 0.274. The molecule has 0 radical (unpaired) electrons. The molecule has 0 bridgehead atoms. The average molecular weight is 370 g/mol. The van der Waals surface area contributed by atoms with E-state index in [1.165, 1.54) is 0 Å². The standard InChI is InChI=1S/C17H22ClN2O3S/c1-17(2,24-21)6-5-13(19)11-7-10-8-12(18)15(22-3)9-14(10)20-16(11)23-4/h7-9,13H,5-6,19H2,1-4H3/q+1/t13-/m0/s1. The van der Waals surface area contributed by atoms with Gasteiger partial charge in [0.1, 0.15) is 5.75 Å². The Bertz CT molecular complexity index is 752. The predicted octanol–water partition coefficient (Wildman–Crippen LogP) is 3.89. The Kier molecular flexibility index (Phi) is 5.96. The average Bonchev–Trinajstić information content (AvgIpc) is 2.58. The SMILES string of the molecule is COc1cc2nc(OC)c([C@@H](N)CCC(C)(C)[S+]=O)cc2cc1Cl. The molecule has 0 saturated heterocycles. The van der Waals surface area contributed by atoms with Crippen molar-refractivity contribution in [3.63, 3.8) is 0 Å². The van der Waals surface area contributed by atoms with Gasteiger partial charge in [-0.05, 0) is 32.4 Å². The van der Waals surface area contributed by atoms with Crippen molar-refractivity contribution < 1.29 is 13.7 Å². The number of pyridine rings is 1. The number of nitrogens with zero attached hydrogens (tertiary/aromatic N) is 1. The molecule has 0 spiro atoms. The number of hydrogen-bond donors (Lipinski definition) is 1. The fraction of sp³-hybridized carbons (Fsp3) is 0.471. The Balaban J connectivity index is 2.40. The monoisotopic (exact) mass is 369 g/mol. The van der Waals surface area contributed by atoms with Crippen LogP contribution in [0.2, 0.25) is 5.02 Å². The molecule has 0 amide bonds. The molecule has 0 fully saturated rings. The summed E-state index contributed by atoms with van der Waals surface area (Å²) in [4.78, 5) is 4.52. The van der Waals surface area contributed by atoms with Crippen LogP contribution in [0.1, 0.15) is 38.3 Å². The van der Waals surface area contributed by atoms with Gasteiger partial charge in [-0.15, -0.1) is 0 Å². The molecule has 0 aliphatic rings.